The quantitative estimate of drug-likeness (QED) is 0.888. The summed E-state index contributed by atoms with van der Waals surface area (Å²) in [6, 6.07) is 9.20. The number of benzene rings is 1. The molecular weight excluding hydrogens is 258 g/mol. The second-order valence-electron chi connectivity index (χ2n) is 5.87. The topological polar surface area (TPSA) is 75.6 Å². The molecule has 2 N–H and O–H groups in total. The van der Waals surface area contributed by atoms with Crippen LogP contribution >= 0.6 is 0 Å². The molecule has 1 aromatic carbocycles. The summed E-state index contributed by atoms with van der Waals surface area (Å²) in [4.78, 5) is 23.2. The maximum Gasteiger partial charge on any atom is 0.408 e. The molecular formula is C15H21NO4. The first-order valence-corrected chi connectivity index (χ1v) is 6.39. The summed E-state index contributed by atoms with van der Waals surface area (Å²) in [7, 11) is 0. The van der Waals surface area contributed by atoms with Gasteiger partial charge in [0.1, 0.15) is 12.1 Å². The Morgan fingerprint density at radius 1 is 1.15 bits per heavy atom. The van der Waals surface area contributed by atoms with Gasteiger partial charge in [0.25, 0.3) is 0 Å². The number of ether oxygens (including phenoxy) is 1. The van der Waals surface area contributed by atoms with Crippen molar-refractivity contribution in [3.05, 3.63) is 35.9 Å². The van der Waals surface area contributed by atoms with E-state index in [1.54, 1.807) is 20.8 Å². The molecule has 1 amide bonds. The minimum atomic E-state index is -1.40. The monoisotopic (exact) mass is 279 g/mol. The van der Waals surface area contributed by atoms with Crippen molar-refractivity contribution in [3.63, 3.8) is 0 Å². The van der Waals surface area contributed by atoms with Crippen molar-refractivity contribution >= 4 is 12.1 Å². The van der Waals surface area contributed by atoms with Crippen molar-refractivity contribution in [3.8, 4) is 0 Å². The molecule has 0 saturated heterocycles. The van der Waals surface area contributed by atoms with Crippen LogP contribution in [0.15, 0.2) is 30.3 Å². The molecule has 5 nitrogen and oxygen atoms in total. The van der Waals surface area contributed by atoms with E-state index in [2.05, 4.69) is 5.32 Å². The van der Waals surface area contributed by atoms with Crippen molar-refractivity contribution in [2.24, 2.45) is 5.41 Å². The van der Waals surface area contributed by atoms with Gasteiger partial charge in [-0.1, -0.05) is 51.1 Å². The molecule has 0 aliphatic carbocycles. The molecule has 0 aliphatic rings. The number of nitrogens with one attached hydrogen (secondary N) is 1. The highest BCUT2D eigenvalue weighted by Gasteiger charge is 2.46. The van der Waals surface area contributed by atoms with Gasteiger partial charge in [0.15, 0.2) is 0 Å². The summed E-state index contributed by atoms with van der Waals surface area (Å²) < 4.78 is 5.06. The van der Waals surface area contributed by atoms with Gasteiger partial charge in [0, 0.05) is 0 Å². The van der Waals surface area contributed by atoms with Crippen molar-refractivity contribution in [1.82, 2.24) is 5.32 Å². The molecule has 0 bridgehead atoms. The lowest BCUT2D eigenvalue weighted by atomic mass is 9.75. The first-order valence-electron chi connectivity index (χ1n) is 6.39. The molecule has 20 heavy (non-hydrogen) atoms. The van der Waals surface area contributed by atoms with Crippen LogP contribution < -0.4 is 5.32 Å². The van der Waals surface area contributed by atoms with Crippen LogP contribution in [0.4, 0.5) is 4.79 Å². The van der Waals surface area contributed by atoms with Crippen LogP contribution in [0.3, 0.4) is 0 Å². The van der Waals surface area contributed by atoms with Crippen LogP contribution in [0, 0.1) is 5.41 Å². The minimum absolute atomic E-state index is 0.104. The Balaban J connectivity index is 2.67. The second kappa shape index (κ2) is 5.94. The first-order chi connectivity index (χ1) is 9.17. The highest BCUT2D eigenvalue weighted by molar-refractivity contribution is 5.84. The van der Waals surface area contributed by atoms with Gasteiger partial charge in [-0.25, -0.2) is 9.59 Å². The van der Waals surface area contributed by atoms with Crippen molar-refractivity contribution in [2.75, 3.05) is 0 Å². The van der Waals surface area contributed by atoms with E-state index in [0.717, 1.165) is 5.56 Å². The summed E-state index contributed by atoms with van der Waals surface area (Å²) in [6.07, 6.45) is -0.742. The van der Waals surface area contributed by atoms with E-state index in [4.69, 9.17) is 4.74 Å². The Kier molecular flexibility index (Phi) is 4.76. The van der Waals surface area contributed by atoms with Crippen molar-refractivity contribution in [1.29, 1.82) is 0 Å². The highest BCUT2D eigenvalue weighted by atomic mass is 16.5. The SMILES string of the molecule is CC(C)(C)C(C)(NC(=O)OCc1ccccc1)C(=O)O. The van der Waals surface area contributed by atoms with Crippen LogP contribution in [-0.2, 0) is 16.1 Å². The molecule has 1 aromatic rings. The summed E-state index contributed by atoms with van der Waals surface area (Å²) in [5.74, 6) is -1.10. The van der Waals surface area contributed by atoms with Gasteiger partial charge in [-0.05, 0) is 17.9 Å². The average Bonchev–Trinajstić information content (AvgIpc) is 2.36. The fourth-order valence-electron chi connectivity index (χ4n) is 1.53. The standard InChI is InChI=1S/C15H21NO4/c1-14(2,3)15(4,12(17)18)16-13(19)20-10-11-8-6-5-7-9-11/h5-9H,10H2,1-4H3,(H,16,19)(H,17,18). The van der Waals surface area contributed by atoms with Gasteiger partial charge in [-0.15, -0.1) is 0 Å². The predicted molar refractivity (Wildman–Crippen MR) is 75.3 cm³/mol. The van der Waals surface area contributed by atoms with E-state index in [1.807, 2.05) is 30.3 Å². The van der Waals surface area contributed by atoms with Gasteiger partial charge in [-0.2, -0.15) is 0 Å². The molecule has 5 heteroatoms. The molecule has 1 unspecified atom stereocenters. The largest absolute Gasteiger partial charge is 0.479 e. The number of hydrogen-bond donors (Lipinski definition) is 2. The number of carbonyl (C=O) groups is 2. The third-order valence-electron chi connectivity index (χ3n) is 3.49. The fourth-order valence-corrected chi connectivity index (χ4v) is 1.53. The van der Waals surface area contributed by atoms with E-state index < -0.39 is 23.0 Å². The van der Waals surface area contributed by atoms with Crippen LogP contribution in [0.2, 0.25) is 0 Å². The van der Waals surface area contributed by atoms with Gasteiger partial charge in [0.2, 0.25) is 0 Å². The number of carboxylic acid groups (broad SMARTS) is 1. The molecule has 0 saturated carbocycles. The zero-order valence-electron chi connectivity index (χ0n) is 12.3. The molecule has 0 heterocycles. The third-order valence-corrected chi connectivity index (χ3v) is 3.49. The lowest BCUT2D eigenvalue weighted by Gasteiger charge is -2.38. The first kappa shape index (κ1) is 16.0. The molecule has 110 valence electrons. The summed E-state index contributed by atoms with van der Waals surface area (Å²) in [6.45, 7) is 6.82. The number of aliphatic carboxylic acids is 1. The van der Waals surface area contributed by atoms with Crippen LogP contribution in [-0.4, -0.2) is 22.7 Å². The van der Waals surface area contributed by atoms with Crippen molar-refractivity contribution in [2.45, 2.75) is 39.8 Å². The number of carboxylic acids is 1. The van der Waals surface area contributed by atoms with Crippen molar-refractivity contribution < 1.29 is 19.4 Å². The zero-order chi connectivity index (χ0) is 15.4. The van der Waals surface area contributed by atoms with E-state index in [-0.39, 0.29) is 6.61 Å². The van der Waals surface area contributed by atoms with E-state index in [9.17, 15) is 14.7 Å². The Labute approximate surface area is 118 Å². The third kappa shape index (κ3) is 3.73. The average molecular weight is 279 g/mol. The lowest BCUT2D eigenvalue weighted by Crippen LogP contribution is -2.60. The van der Waals surface area contributed by atoms with E-state index >= 15 is 0 Å². The number of rotatable bonds is 4. The van der Waals surface area contributed by atoms with Gasteiger partial charge in [0.05, 0.1) is 0 Å². The summed E-state index contributed by atoms with van der Waals surface area (Å²) >= 11 is 0. The smallest absolute Gasteiger partial charge is 0.408 e. The lowest BCUT2D eigenvalue weighted by molar-refractivity contribution is -0.148. The Morgan fingerprint density at radius 3 is 2.15 bits per heavy atom. The number of carbonyl (C=O) groups excluding carboxylic acids is 1. The predicted octanol–water partition coefficient (Wildman–Crippen LogP) is 2.80. The van der Waals surface area contributed by atoms with Crippen LogP contribution in [0.25, 0.3) is 0 Å². The zero-order valence-corrected chi connectivity index (χ0v) is 12.3. The molecule has 0 radical (unpaired) electrons. The van der Waals surface area contributed by atoms with Crippen LogP contribution in [0.1, 0.15) is 33.3 Å². The van der Waals surface area contributed by atoms with Gasteiger partial charge >= 0.3 is 12.1 Å². The molecule has 0 fully saturated rings. The van der Waals surface area contributed by atoms with Gasteiger partial charge < -0.3 is 15.2 Å². The number of hydrogen-bond acceptors (Lipinski definition) is 3. The summed E-state index contributed by atoms with van der Waals surface area (Å²) in [5.41, 5.74) is -1.21. The van der Waals surface area contributed by atoms with Gasteiger partial charge in [-0.3, -0.25) is 0 Å². The Morgan fingerprint density at radius 2 is 1.70 bits per heavy atom. The highest BCUT2D eigenvalue weighted by Crippen LogP contribution is 2.30. The van der Waals surface area contributed by atoms with E-state index in [0.29, 0.717) is 0 Å². The maximum atomic E-state index is 11.8. The van der Waals surface area contributed by atoms with Crippen LogP contribution in [0.5, 0.6) is 0 Å². The molecule has 1 atom stereocenters. The Hall–Kier alpha value is -2.04. The number of alkyl carbamates (subject to hydrolysis) is 1. The second-order valence-corrected chi connectivity index (χ2v) is 5.87. The normalized spacial score (nSPS) is 14.2. The minimum Gasteiger partial charge on any atom is -0.479 e. The van der Waals surface area contributed by atoms with E-state index in [1.165, 1.54) is 6.92 Å². The Bertz CT molecular complexity index is 478. The number of amides is 1. The fraction of sp³-hybridized carbons (Fsp3) is 0.467. The molecule has 0 aliphatic heterocycles. The molecule has 0 aromatic heterocycles. The maximum absolute atomic E-state index is 11.8. The molecule has 0 spiro atoms. The molecule has 1 rings (SSSR count). The summed E-state index contributed by atoms with van der Waals surface area (Å²) in [5, 5.41) is 11.8.